The van der Waals surface area contributed by atoms with Crippen molar-refractivity contribution >= 4 is 17.5 Å². The minimum Gasteiger partial charge on any atom is -0.349 e. The molecule has 3 aliphatic rings. The quantitative estimate of drug-likeness (QED) is 0.747. The number of hydrogen-bond acceptors (Lipinski definition) is 5. The summed E-state index contributed by atoms with van der Waals surface area (Å²) in [6.07, 6.45) is 8.64. The molecule has 1 aromatic heterocycles. The SMILES string of the molecule is O=C(CN1CCCC1c1nnc2n1CCCCC2)Nc1ccccc1C(=O)NC1CC1. The van der Waals surface area contributed by atoms with Crippen LogP contribution in [-0.4, -0.2) is 50.6 Å². The normalized spacial score (nSPS) is 21.4. The summed E-state index contributed by atoms with van der Waals surface area (Å²) >= 11 is 0. The molecule has 3 heterocycles. The van der Waals surface area contributed by atoms with Gasteiger partial charge in [-0.05, 0) is 57.2 Å². The molecule has 1 aliphatic carbocycles. The zero-order chi connectivity index (χ0) is 21.2. The Hall–Kier alpha value is -2.74. The lowest BCUT2D eigenvalue weighted by molar-refractivity contribution is -0.117. The molecule has 2 N–H and O–H groups in total. The summed E-state index contributed by atoms with van der Waals surface area (Å²) in [7, 11) is 0. The molecule has 2 aromatic rings. The third-order valence-electron chi connectivity index (χ3n) is 6.50. The molecule has 1 aromatic carbocycles. The Kier molecular flexibility index (Phi) is 5.72. The fourth-order valence-corrected chi connectivity index (χ4v) is 4.72. The molecule has 1 saturated heterocycles. The lowest BCUT2D eigenvalue weighted by atomic mass is 10.1. The van der Waals surface area contributed by atoms with Gasteiger partial charge < -0.3 is 15.2 Å². The molecular weight excluding hydrogens is 392 g/mol. The summed E-state index contributed by atoms with van der Waals surface area (Å²) in [6.45, 7) is 2.12. The van der Waals surface area contributed by atoms with Crippen molar-refractivity contribution in [2.24, 2.45) is 0 Å². The van der Waals surface area contributed by atoms with Crippen LogP contribution in [0.3, 0.4) is 0 Å². The van der Waals surface area contributed by atoms with Gasteiger partial charge in [0.05, 0.1) is 23.8 Å². The third kappa shape index (κ3) is 4.49. The second-order valence-electron chi connectivity index (χ2n) is 8.91. The van der Waals surface area contributed by atoms with Gasteiger partial charge in [-0.15, -0.1) is 10.2 Å². The predicted molar refractivity (Wildman–Crippen MR) is 117 cm³/mol. The molecule has 164 valence electrons. The maximum absolute atomic E-state index is 12.9. The van der Waals surface area contributed by atoms with E-state index < -0.39 is 0 Å². The van der Waals surface area contributed by atoms with Crippen molar-refractivity contribution < 1.29 is 9.59 Å². The highest BCUT2D eigenvalue weighted by molar-refractivity contribution is 6.04. The van der Waals surface area contributed by atoms with E-state index >= 15 is 0 Å². The Balaban J connectivity index is 1.27. The van der Waals surface area contributed by atoms with Gasteiger partial charge in [-0.25, -0.2) is 0 Å². The molecule has 2 fully saturated rings. The minimum atomic E-state index is -0.122. The Morgan fingerprint density at radius 1 is 1.00 bits per heavy atom. The van der Waals surface area contributed by atoms with Gasteiger partial charge in [0, 0.05) is 19.0 Å². The number of aryl methyl sites for hydroxylation is 1. The van der Waals surface area contributed by atoms with Crippen molar-refractivity contribution in [2.45, 2.75) is 70.0 Å². The number of anilines is 1. The number of benzene rings is 1. The first-order valence-electron chi connectivity index (χ1n) is 11.5. The van der Waals surface area contributed by atoms with Crippen LogP contribution >= 0.6 is 0 Å². The van der Waals surface area contributed by atoms with Crippen LogP contribution in [0.5, 0.6) is 0 Å². The predicted octanol–water partition coefficient (Wildman–Crippen LogP) is 2.67. The molecule has 2 aliphatic heterocycles. The zero-order valence-corrected chi connectivity index (χ0v) is 17.8. The summed E-state index contributed by atoms with van der Waals surface area (Å²) in [4.78, 5) is 27.6. The van der Waals surface area contributed by atoms with E-state index in [2.05, 4.69) is 30.3 Å². The number of nitrogens with one attached hydrogen (secondary N) is 2. The van der Waals surface area contributed by atoms with Crippen LogP contribution in [0.15, 0.2) is 24.3 Å². The Morgan fingerprint density at radius 3 is 2.74 bits per heavy atom. The maximum Gasteiger partial charge on any atom is 0.253 e. The average molecular weight is 423 g/mol. The van der Waals surface area contributed by atoms with E-state index in [1.807, 2.05) is 12.1 Å². The number of fused-ring (bicyclic) bond motifs is 1. The molecule has 1 saturated carbocycles. The summed E-state index contributed by atoms with van der Waals surface area (Å²) in [5.74, 6) is 1.86. The molecule has 8 heteroatoms. The first kappa shape index (κ1) is 20.2. The zero-order valence-electron chi connectivity index (χ0n) is 17.8. The second kappa shape index (κ2) is 8.78. The lowest BCUT2D eigenvalue weighted by Gasteiger charge is -2.24. The number of carbonyl (C=O) groups is 2. The molecule has 8 nitrogen and oxygen atoms in total. The van der Waals surface area contributed by atoms with Crippen LogP contribution in [-0.2, 0) is 17.8 Å². The van der Waals surface area contributed by atoms with Gasteiger partial charge >= 0.3 is 0 Å². The van der Waals surface area contributed by atoms with Crippen molar-refractivity contribution in [1.29, 1.82) is 0 Å². The topological polar surface area (TPSA) is 92.2 Å². The summed E-state index contributed by atoms with van der Waals surface area (Å²) < 4.78 is 2.28. The second-order valence-corrected chi connectivity index (χ2v) is 8.91. The Labute approximate surface area is 182 Å². The van der Waals surface area contributed by atoms with E-state index in [4.69, 9.17) is 0 Å². The highest BCUT2D eigenvalue weighted by atomic mass is 16.2. The first-order chi connectivity index (χ1) is 15.2. The Bertz CT molecular complexity index is 967. The van der Waals surface area contributed by atoms with Crippen LogP contribution in [0.2, 0.25) is 0 Å². The van der Waals surface area contributed by atoms with Gasteiger partial charge in [0.1, 0.15) is 11.6 Å². The Morgan fingerprint density at radius 2 is 1.87 bits per heavy atom. The smallest absolute Gasteiger partial charge is 0.253 e. The summed E-state index contributed by atoms with van der Waals surface area (Å²) in [5, 5.41) is 14.9. The summed E-state index contributed by atoms with van der Waals surface area (Å²) in [6, 6.07) is 7.62. The van der Waals surface area contributed by atoms with Crippen LogP contribution in [0.4, 0.5) is 5.69 Å². The first-order valence-corrected chi connectivity index (χ1v) is 11.5. The number of hydrogen-bond donors (Lipinski definition) is 2. The van der Waals surface area contributed by atoms with Crippen LogP contribution in [0.1, 0.15) is 73.0 Å². The van der Waals surface area contributed by atoms with E-state index in [1.165, 1.54) is 12.8 Å². The molecular formula is C23H30N6O2. The van der Waals surface area contributed by atoms with E-state index in [9.17, 15) is 9.59 Å². The van der Waals surface area contributed by atoms with Crippen molar-refractivity contribution in [3.63, 3.8) is 0 Å². The maximum atomic E-state index is 12.9. The van der Waals surface area contributed by atoms with Gasteiger partial charge in [-0.2, -0.15) is 0 Å². The number of likely N-dealkylation sites (tertiary alicyclic amines) is 1. The van der Waals surface area contributed by atoms with Gasteiger partial charge in [0.25, 0.3) is 5.91 Å². The van der Waals surface area contributed by atoms with Gasteiger partial charge in [0.2, 0.25) is 5.91 Å². The number of amides is 2. The number of nitrogens with zero attached hydrogens (tertiary/aromatic N) is 4. The van der Waals surface area contributed by atoms with E-state index in [1.54, 1.807) is 12.1 Å². The van der Waals surface area contributed by atoms with Crippen molar-refractivity contribution in [1.82, 2.24) is 25.0 Å². The monoisotopic (exact) mass is 422 g/mol. The highest BCUT2D eigenvalue weighted by Crippen LogP contribution is 2.32. The van der Waals surface area contributed by atoms with Crippen LogP contribution in [0, 0.1) is 0 Å². The summed E-state index contributed by atoms with van der Waals surface area (Å²) in [5.41, 5.74) is 1.08. The molecule has 1 unspecified atom stereocenters. The number of rotatable bonds is 6. The molecule has 5 rings (SSSR count). The molecule has 2 amide bonds. The standard InChI is InChI=1S/C23H30N6O2/c30-21(25-18-8-4-3-7-17(18)23(31)24-16-11-12-16)15-28-13-6-9-19(28)22-27-26-20-10-2-1-5-14-29(20)22/h3-4,7-8,16,19H,1-2,5-6,9-15H2,(H,24,31)(H,25,30). The number of carbonyl (C=O) groups excluding carboxylic acids is 2. The van der Waals surface area contributed by atoms with Crippen molar-refractivity contribution in [3.8, 4) is 0 Å². The lowest BCUT2D eigenvalue weighted by Crippen LogP contribution is -2.34. The molecule has 1 atom stereocenters. The van der Waals surface area contributed by atoms with Crippen LogP contribution < -0.4 is 10.6 Å². The van der Waals surface area contributed by atoms with Gasteiger partial charge in [0.15, 0.2) is 0 Å². The average Bonchev–Trinajstić information content (AvgIpc) is 3.40. The van der Waals surface area contributed by atoms with Crippen molar-refractivity contribution in [3.05, 3.63) is 41.5 Å². The largest absolute Gasteiger partial charge is 0.349 e. The van der Waals surface area contributed by atoms with E-state index in [0.717, 1.165) is 63.3 Å². The fourth-order valence-electron chi connectivity index (χ4n) is 4.72. The minimum absolute atomic E-state index is 0.103. The number of aromatic nitrogens is 3. The third-order valence-corrected chi connectivity index (χ3v) is 6.50. The molecule has 0 spiro atoms. The molecule has 31 heavy (non-hydrogen) atoms. The highest BCUT2D eigenvalue weighted by Gasteiger charge is 2.33. The van der Waals surface area contributed by atoms with Crippen LogP contribution in [0.25, 0.3) is 0 Å². The fraction of sp³-hybridized carbons (Fsp3) is 0.565. The van der Waals surface area contributed by atoms with E-state index in [0.29, 0.717) is 11.3 Å². The molecule has 0 bridgehead atoms. The molecule has 0 radical (unpaired) electrons. The van der Waals surface area contributed by atoms with E-state index in [-0.39, 0.29) is 30.4 Å². The van der Waals surface area contributed by atoms with Crippen molar-refractivity contribution in [2.75, 3.05) is 18.4 Å². The van der Waals surface area contributed by atoms with Gasteiger partial charge in [-0.1, -0.05) is 18.6 Å². The van der Waals surface area contributed by atoms with Gasteiger partial charge in [-0.3, -0.25) is 14.5 Å². The number of para-hydroxylation sites is 1.